The zero-order chi connectivity index (χ0) is 19.5. The van der Waals surface area contributed by atoms with Crippen molar-refractivity contribution in [2.45, 2.75) is 20.5 Å². The molecule has 0 radical (unpaired) electrons. The minimum absolute atomic E-state index is 0.0498. The van der Waals surface area contributed by atoms with Crippen LogP contribution in [0.15, 0.2) is 29.8 Å². The van der Waals surface area contributed by atoms with Gasteiger partial charge in [0, 0.05) is 12.1 Å². The molecule has 0 unspecified atom stereocenters. The second-order valence-electron chi connectivity index (χ2n) is 4.83. The molecule has 0 saturated heterocycles. The number of hydrogen-bond acceptors (Lipinski definition) is 8. The van der Waals surface area contributed by atoms with Crippen LogP contribution in [0.1, 0.15) is 19.4 Å². The maximum atomic E-state index is 12.0. The third-order valence-corrected chi connectivity index (χ3v) is 3.05. The molecule has 0 spiro atoms. The van der Waals surface area contributed by atoms with E-state index in [-0.39, 0.29) is 19.8 Å². The van der Waals surface area contributed by atoms with Crippen molar-refractivity contribution < 1.29 is 38.1 Å². The van der Waals surface area contributed by atoms with Crippen LogP contribution in [0.5, 0.6) is 11.5 Å². The normalized spacial score (nSPS) is 9.69. The molecule has 1 aromatic carbocycles. The van der Waals surface area contributed by atoms with Crippen molar-refractivity contribution in [3.8, 4) is 11.5 Å². The average molecular weight is 366 g/mol. The standard InChI is InChI=1S/C18H22O8/c1-5-24-17(20)15(18(21)25-6-2)10-16(19)26-11-12-7-13(22-3)9-14(8-12)23-4/h7-10H,5-6,11H2,1-4H3. The first-order valence-corrected chi connectivity index (χ1v) is 7.89. The summed E-state index contributed by atoms with van der Waals surface area (Å²) in [7, 11) is 3.00. The van der Waals surface area contributed by atoms with Gasteiger partial charge in [0.05, 0.1) is 27.4 Å². The van der Waals surface area contributed by atoms with E-state index in [0.717, 1.165) is 6.08 Å². The van der Waals surface area contributed by atoms with Crippen molar-refractivity contribution in [3.05, 3.63) is 35.4 Å². The highest BCUT2D eigenvalue weighted by Crippen LogP contribution is 2.23. The van der Waals surface area contributed by atoms with E-state index < -0.39 is 23.5 Å². The summed E-state index contributed by atoms with van der Waals surface area (Å²) in [5, 5.41) is 0. The molecular formula is C18H22O8. The van der Waals surface area contributed by atoms with Gasteiger partial charge in [-0.1, -0.05) is 0 Å². The highest BCUT2D eigenvalue weighted by molar-refractivity contribution is 6.17. The van der Waals surface area contributed by atoms with Crippen LogP contribution in [0.4, 0.5) is 0 Å². The summed E-state index contributed by atoms with van der Waals surface area (Å²) in [6.07, 6.45) is 0.757. The number of methoxy groups -OCH3 is 2. The van der Waals surface area contributed by atoms with Crippen LogP contribution in [0.2, 0.25) is 0 Å². The Hall–Kier alpha value is -3.03. The minimum atomic E-state index is -0.953. The number of carbonyl (C=O) groups is 3. The number of esters is 3. The van der Waals surface area contributed by atoms with Gasteiger partial charge in [0.2, 0.25) is 0 Å². The summed E-state index contributed by atoms with van der Waals surface area (Å²) in [4.78, 5) is 35.6. The molecule has 8 heteroatoms. The molecule has 0 saturated carbocycles. The van der Waals surface area contributed by atoms with Crippen molar-refractivity contribution in [2.24, 2.45) is 0 Å². The summed E-state index contributed by atoms with van der Waals surface area (Å²) >= 11 is 0. The Balaban J connectivity index is 2.88. The predicted molar refractivity (Wildman–Crippen MR) is 90.7 cm³/mol. The summed E-state index contributed by atoms with van der Waals surface area (Å²) in [6, 6.07) is 5.00. The fourth-order valence-electron chi connectivity index (χ4n) is 1.88. The Morgan fingerprint density at radius 2 is 1.35 bits per heavy atom. The second-order valence-corrected chi connectivity index (χ2v) is 4.83. The Morgan fingerprint density at radius 3 is 1.77 bits per heavy atom. The molecule has 0 aliphatic rings. The Morgan fingerprint density at radius 1 is 0.846 bits per heavy atom. The summed E-state index contributed by atoms with van der Waals surface area (Å²) in [5.41, 5.74) is 0.0821. The van der Waals surface area contributed by atoms with Crippen LogP contribution in [-0.2, 0) is 35.2 Å². The van der Waals surface area contributed by atoms with Crippen LogP contribution in [0, 0.1) is 0 Å². The summed E-state index contributed by atoms with van der Waals surface area (Å²) < 4.78 is 24.8. The van der Waals surface area contributed by atoms with Crippen LogP contribution in [-0.4, -0.2) is 45.3 Å². The van der Waals surface area contributed by atoms with Gasteiger partial charge in [-0.3, -0.25) is 0 Å². The lowest BCUT2D eigenvalue weighted by Crippen LogP contribution is -2.20. The van der Waals surface area contributed by atoms with Gasteiger partial charge >= 0.3 is 17.9 Å². The molecule has 26 heavy (non-hydrogen) atoms. The number of rotatable bonds is 9. The Kier molecular flexibility index (Phi) is 8.69. The van der Waals surface area contributed by atoms with E-state index in [1.165, 1.54) is 14.2 Å². The molecule has 8 nitrogen and oxygen atoms in total. The molecule has 0 heterocycles. The molecule has 0 atom stereocenters. The summed E-state index contributed by atoms with van der Waals surface area (Å²) in [5.74, 6) is -1.73. The van der Waals surface area contributed by atoms with E-state index in [1.54, 1.807) is 32.0 Å². The maximum absolute atomic E-state index is 12.0. The number of carbonyl (C=O) groups excluding carboxylic acids is 3. The molecule has 0 bridgehead atoms. The molecule has 1 aromatic rings. The van der Waals surface area contributed by atoms with Crippen molar-refractivity contribution in [1.82, 2.24) is 0 Å². The number of ether oxygens (including phenoxy) is 5. The lowest BCUT2D eigenvalue weighted by molar-refractivity contribution is -0.148. The highest BCUT2D eigenvalue weighted by atomic mass is 16.6. The van der Waals surface area contributed by atoms with Crippen LogP contribution >= 0.6 is 0 Å². The molecule has 0 aliphatic carbocycles. The topological polar surface area (TPSA) is 97.4 Å². The van der Waals surface area contributed by atoms with Crippen LogP contribution < -0.4 is 9.47 Å². The van der Waals surface area contributed by atoms with Gasteiger partial charge in [-0.25, -0.2) is 14.4 Å². The Labute approximate surface area is 151 Å². The van der Waals surface area contributed by atoms with Crippen LogP contribution in [0.25, 0.3) is 0 Å². The zero-order valence-corrected chi connectivity index (χ0v) is 15.2. The van der Waals surface area contributed by atoms with Gasteiger partial charge in [0.1, 0.15) is 18.1 Å². The minimum Gasteiger partial charge on any atom is -0.497 e. The lowest BCUT2D eigenvalue weighted by atomic mass is 10.2. The van der Waals surface area contributed by atoms with Gasteiger partial charge in [-0.15, -0.1) is 0 Å². The first-order chi connectivity index (χ1) is 12.4. The molecule has 0 fully saturated rings. The third kappa shape index (κ3) is 6.46. The van der Waals surface area contributed by atoms with Crippen molar-refractivity contribution in [3.63, 3.8) is 0 Å². The Bertz CT molecular complexity index is 636. The molecule has 0 aromatic heterocycles. The van der Waals surface area contributed by atoms with E-state index in [1.807, 2.05) is 0 Å². The number of hydrogen-bond donors (Lipinski definition) is 0. The monoisotopic (exact) mass is 366 g/mol. The highest BCUT2D eigenvalue weighted by Gasteiger charge is 2.23. The lowest BCUT2D eigenvalue weighted by Gasteiger charge is -2.09. The van der Waals surface area contributed by atoms with Gasteiger partial charge in [0.15, 0.2) is 5.57 Å². The van der Waals surface area contributed by atoms with E-state index in [4.69, 9.17) is 23.7 Å². The maximum Gasteiger partial charge on any atom is 0.345 e. The number of benzene rings is 1. The van der Waals surface area contributed by atoms with E-state index in [9.17, 15) is 14.4 Å². The zero-order valence-electron chi connectivity index (χ0n) is 15.2. The van der Waals surface area contributed by atoms with Crippen molar-refractivity contribution in [1.29, 1.82) is 0 Å². The average Bonchev–Trinajstić information content (AvgIpc) is 2.64. The molecule has 1 rings (SSSR count). The van der Waals surface area contributed by atoms with Gasteiger partial charge in [-0.05, 0) is 31.5 Å². The van der Waals surface area contributed by atoms with Crippen molar-refractivity contribution >= 4 is 17.9 Å². The molecule has 0 N–H and O–H groups in total. The predicted octanol–water partition coefficient (Wildman–Crippen LogP) is 1.80. The third-order valence-electron chi connectivity index (χ3n) is 3.05. The smallest absolute Gasteiger partial charge is 0.345 e. The first-order valence-electron chi connectivity index (χ1n) is 7.89. The van der Waals surface area contributed by atoms with Crippen LogP contribution in [0.3, 0.4) is 0 Å². The fraction of sp³-hybridized carbons (Fsp3) is 0.389. The van der Waals surface area contributed by atoms with Gasteiger partial charge in [0.25, 0.3) is 0 Å². The SMILES string of the molecule is CCOC(=O)C(=CC(=O)OCc1cc(OC)cc(OC)c1)C(=O)OCC. The quantitative estimate of drug-likeness (QED) is 0.215. The van der Waals surface area contributed by atoms with Gasteiger partial charge in [-0.2, -0.15) is 0 Å². The summed E-state index contributed by atoms with van der Waals surface area (Å²) in [6.45, 7) is 3.15. The fourth-order valence-corrected chi connectivity index (χ4v) is 1.88. The van der Waals surface area contributed by atoms with E-state index in [0.29, 0.717) is 17.1 Å². The van der Waals surface area contributed by atoms with Crippen molar-refractivity contribution in [2.75, 3.05) is 27.4 Å². The van der Waals surface area contributed by atoms with E-state index >= 15 is 0 Å². The van der Waals surface area contributed by atoms with E-state index in [2.05, 4.69) is 0 Å². The largest absolute Gasteiger partial charge is 0.497 e. The second kappa shape index (κ2) is 10.8. The molecule has 0 amide bonds. The molecule has 142 valence electrons. The molecular weight excluding hydrogens is 344 g/mol. The van der Waals surface area contributed by atoms with Gasteiger partial charge < -0.3 is 23.7 Å². The molecule has 0 aliphatic heterocycles. The first kappa shape index (κ1) is 21.0.